The van der Waals surface area contributed by atoms with Crippen molar-refractivity contribution in [3.05, 3.63) is 11.8 Å². The van der Waals surface area contributed by atoms with Crippen LogP contribution in [0, 0.1) is 11.3 Å². The lowest BCUT2D eigenvalue weighted by Crippen LogP contribution is -2.66. The first-order valence-electron chi connectivity index (χ1n) is 8.44. The number of hydrogen-bond donors (Lipinski definition) is 2. The summed E-state index contributed by atoms with van der Waals surface area (Å²) in [4.78, 5) is 0. The van der Waals surface area contributed by atoms with Crippen molar-refractivity contribution in [2.45, 2.75) is 89.4 Å². The first-order chi connectivity index (χ1) is 9.63. The van der Waals surface area contributed by atoms with E-state index in [4.69, 9.17) is 4.74 Å². The van der Waals surface area contributed by atoms with E-state index >= 15 is 0 Å². The topological polar surface area (TPSA) is 49.7 Å². The minimum absolute atomic E-state index is 0.00329. The van der Waals surface area contributed by atoms with Crippen LogP contribution in [0.15, 0.2) is 11.8 Å². The molecule has 0 spiro atoms. The van der Waals surface area contributed by atoms with Gasteiger partial charge in [-0.25, -0.2) is 0 Å². The lowest BCUT2D eigenvalue weighted by molar-refractivity contribution is -0.261. The molecule has 4 bridgehead atoms. The molecule has 2 atom stereocenters. The minimum atomic E-state index is -0.719. The third-order valence-electron chi connectivity index (χ3n) is 6.10. The fourth-order valence-corrected chi connectivity index (χ4v) is 5.36. The second-order valence-corrected chi connectivity index (χ2v) is 8.63. The van der Waals surface area contributed by atoms with Crippen molar-refractivity contribution in [2.24, 2.45) is 11.3 Å². The van der Waals surface area contributed by atoms with Gasteiger partial charge in [0.2, 0.25) is 0 Å². The number of aliphatic hydroxyl groups is 2. The van der Waals surface area contributed by atoms with E-state index in [0.717, 1.165) is 31.4 Å². The van der Waals surface area contributed by atoms with Gasteiger partial charge in [0.15, 0.2) is 0 Å². The summed E-state index contributed by atoms with van der Waals surface area (Å²) in [6, 6.07) is 0. The molecule has 2 N–H and O–H groups in total. The summed E-state index contributed by atoms with van der Waals surface area (Å²) in [6.45, 7) is 8.60. The molecule has 4 saturated carbocycles. The van der Waals surface area contributed by atoms with Crippen LogP contribution in [0.5, 0.6) is 0 Å². The van der Waals surface area contributed by atoms with Crippen LogP contribution in [-0.4, -0.2) is 27.0 Å². The summed E-state index contributed by atoms with van der Waals surface area (Å²) in [7, 11) is 0. The van der Waals surface area contributed by atoms with E-state index < -0.39 is 11.2 Å². The predicted molar refractivity (Wildman–Crippen MR) is 82.7 cm³/mol. The van der Waals surface area contributed by atoms with Crippen LogP contribution in [0.2, 0.25) is 0 Å². The van der Waals surface area contributed by atoms with E-state index in [-0.39, 0.29) is 11.0 Å². The summed E-state index contributed by atoms with van der Waals surface area (Å²) in [5, 5.41) is 21.6. The Morgan fingerprint density at radius 2 is 1.71 bits per heavy atom. The summed E-state index contributed by atoms with van der Waals surface area (Å²) in [5.74, 6) is 1.42. The maximum absolute atomic E-state index is 10.8. The smallest absolute Gasteiger partial charge is 0.114 e. The highest BCUT2D eigenvalue weighted by molar-refractivity contribution is 5.18. The summed E-state index contributed by atoms with van der Waals surface area (Å²) in [5.41, 5.74) is -1.80. The maximum atomic E-state index is 10.8. The lowest BCUT2D eigenvalue weighted by atomic mass is 9.50. The van der Waals surface area contributed by atoms with E-state index in [2.05, 4.69) is 26.8 Å². The molecule has 4 rings (SSSR count). The highest BCUT2D eigenvalue weighted by Gasteiger charge is 2.64. The SMILES string of the molecule is CC=C(OC12CC3CC(O)(CC(O)(C3)C1)C2)C(C)(C)CC. The number of rotatable bonds is 4. The Labute approximate surface area is 128 Å². The Morgan fingerprint density at radius 3 is 2.14 bits per heavy atom. The van der Waals surface area contributed by atoms with E-state index in [9.17, 15) is 10.2 Å². The third-order valence-corrected chi connectivity index (χ3v) is 6.10. The molecule has 2 unspecified atom stereocenters. The van der Waals surface area contributed by atoms with Crippen molar-refractivity contribution >= 4 is 0 Å². The van der Waals surface area contributed by atoms with Gasteiger partial charge in [-0.2, -0.15) is 0 Å². The van der Waals surface area contributed by atoms with Crippen molar-refractivity contribution in [2.75, 3.05) is 0 Å². The van der Waals surface area contributed by atoms with Crippen LogP contribution in [-0.2, 0) is 4.74 Å². The maximum Gasteiger partial charge on any atom is 0.114 e. The molecule has 0 aromatic carbocycles. The zero-order valence-electron chi connectivity index (χ0n) is 13.9. The standard InChI is InChI=1S/C18H30O3/c1-5-14(15(3,4)6-2)21-18-9-13-7-16(19,11-18)10-17(20,8-13)12-18/h5,13,19-20H,6-12H2,1-4H3. The molecule has 0 aromatic heterocycles. The van der Waals surface area contributed by atoms with Crippen molar-refractivity contribution in [3.63, 3.8) is 0 Å². The molecule has 4 fully saturated rings. The second kappa shape index (κ2) is 4.48. The lowest BCUT2D eigenvalue weighted by Gasteiger charge is -2.63. The Bertz CT molecular complexity index is 447. The monoisotopic (exact) mass is 294 g/mol. The average Bonchev–Trinajstić information content (AvgIpc) is 2.31. The zero-order chi connectivity index (χ0) is 15.5. The Balaban J connectivity index is 1.88. The second-order valence-electron chi connectivity index (χ2n) is 8.63. The average molecular weight is 294 g/mol. The van der Waals surface area contributed by atoms with Crippen molar-refractivity contribution in [3.8, 4) is 0 Å². The molecule has 3 heteroatoms. The Hall–Kier alpha value is -0.540. The summed E-state index contributed by atoms with van der Waals surface area (Å²) >= 11 is 0. The van der Waals surface area contributed by atoms with Crippen LogP contribution in [0.25, 0.3) is 0 Å². The molecule has 0 aromatic rings. The van der Waals surface area contributed by atoms with Gasteiger partial charge in [0.25, 0.3) is 0 Å². The van der Waals surface area contributed by atoms with Gasteiger partial charge in [0, 0.05) is 24.7 Å². The van der Waals surface area contributed by atoms with Crippen LogP contribution in [0.3, 0.4) is 0 Å². The van der Waals surface area contributed by atoms with Gasteiger partial charge in [0.05, 0.1) is 17.0 Å². The molecule has 3 nitrogen and oxygen atoms in total. The third kappa shape index (κ3) is 2.53. The minimum Gasteiger partial charge on any atom is -0.491 e. The molecule has 4 aliphatic rings. The van der Waals surface area contributed by atoms with Gasteiger partial charge < -0.3 is 14.9 Å². The largest absolute Gasteiger partial charge is 0.491 e. The van der Waals surface area contributed by atoms with Crippen LogP contribution in [0.4, 0.5) is 0 Å². The first kappa shape index (κ1) is 15.4. The highest BCUT2D eigenvalue weighted by Crippen LogP contribution is 2.61. The Morgan fingerprint density at radius 1 is 1.14 bits per heavy atom. The molecule has 0 aliphatic heterocycles. The van der Waals surface area contributed by atoms with Crippen LogP contribution in [0.1, 0.15) is 72.6 Å². The van der Waals surface area contributed by atoms with Gasteiger partial charge in [-0.15, -0.1) is 0 Å². The van der Waals surface area contributed by atoms with Crippen molar-refractivity contribution in [1.29, 1.82) is 0 Å². The summed E-state index contributed by atoms with van der Waals surface area (Å²) in [6.07, 6.45) is 7.62. The molecule has 0 amide bonds. The van der Waals surface area contributed by atoms with Crippen molar-refractivity contribution < 1.29 is 14.9 Å². The van der Waals surface area contributed by atoms with Crippen LogP contribution < -0.4 is 0 Å². The molecule has 0 saturated heterocycles. The van der Waals surface area contributed by atoms with Crippen molar-refractivity contribution in [1.82, 2.24) is 0 Å². The Kier molecular flexibility index (Phi) is 3.28. The molecule has 0 radical (unpaired) electrons. The zero-order valence-corrected chi connectivity index (χ0v) is 13.9. The van der Waals surface area contributed by atoms with E-state index in [1.165, 1.54) is 0 Å². The van der Waals surface area contributed by atoms with Gasteiger partial charge >= 0.3 is 0 Å². The fourth-order valence-electron chi connectivity index (χ4n) is 5.36. The normalized spacial score (nSPS) is 46.0. The quantitative estimate of drug-likeness (QED) is 0.780. The first-order valence-corrected chi connectivity index (χ1v) is 8.44. The van der Waals surface area contributed by atoms with Gasteiger partial charge in [-0.3, -0.25) is 0 Å². The molecule has 4 aliphatic carbocycles. The molecule has 120 valence electrons. The number of ether oxygens (including phenoxy) is 1. The fraction of sp³-hybridized carbons (Fsp3) is 0.889. The molecular formula is C18H30O3. The highest BCUT2D eigenvalue weighted by atomic mass is 16.5. The molecule has 21 heavy (non-hydrogen) atoms. The van der Waals surface area contributed by atoms with Gasteiger partial charge in [0.1, 0.15) is 5.60 Å². The number of hydrogen-bond acceptors (Lipinski definition) is 3. The van der Waals surface area contributed by atoms with E-state index in [1.54, 1.807) is 0 Å². The molecular weight excluding hydrogens is 264 g/mol. The van der Waals surface area contributed by atoms with E-state index in [1.807, 2.05) is 6.92 Å². The predicted octanol–water partition coefficient (Wildman–Crippen LogP) is 3.54. The van der Waals surface area contributed by atoms with Gasteiger partial charge in [-0.1, -0.05) is 20.8 Å². The summed E-state index contributed by atoms with van der Waals surface area (Å²) < 4.78 is 6.53. The van der Waals surface area contributed by atoms with Gasteiger partial charge in [-0.05, 0) is 44.6 Å². The van der Waals surface area contributed by atoms with Crippen LogP contribution >= 0.6 is 0 Å². The number of allylic oxidation sites excluding steroid dienone is 2. The molecule has 0 heterocycles. The van der Waals surface area contributed by atoms with E-state index in [0.29, 0.717) is 25.2 Å².